The van der Waals surface area contributed by atoms with Crippen LogP contribution in [0.3, 0.4) is 0 Å². The molecule has 3 rings (SSSR count). The molecule has 0 bridgehead atoms. The number of hydrogen-bond donors (Lipinski definition) is 1. The number of aliphatic carboxylic acids is 1. The van der Waals surface area contributed by atoms with Crippen LogP contribution in [0.15, 0.2) is 30.3 Å². The molecular formula is C17H18ClN3O2. The molecule has 0 spiro atoms. The summed E-state index contributed by atoms with van der Waals surface area (Å²) in [6, 6.07) is 9.41. The third kappa shape index (κ3) is 3.62. The molecule has 120 valence electrons. The zero-order valence-corrected chi connectivity index (χ0v) is 13.6. The molecular weight excluding hydrogens is 314 g/mol. The summed E-state index contributed by atoms with van der Waals surface area (Å²) in [5.41, 5.74) is 1.76. The first-order valence-electron chi connectivity index (χ1n) is 7.62. The second kappa shape index (κ2) is 6.54. The molecule has 1 aliphatic rings. The van der Waals surface area contributed by atoms with Gasteiger partial charge in [0.1, 0.15) is 5.82 Å². The number of rotatable bonds is 3. The second-order valence-electron chi connectivity index (χ2n) is 5.80. The number of aryl methyl sites for hydroxylation is 1. The van der Waals surface area contributed by atoms with E-state index in [0.717, 1.165) is 17.1 Å². The average Bonchev–Trinajstić information content (AvgIpc) is 2.54. The largest absolute Gasteiger partial charge is 0.481 e. The van der Waals surface area contributed by atoms with Gasteiger partial charge in [0.15, 0.2) is 5.82 Å². The minimum atomic E-state index is -0.705. The van der Waals surface area contributed by atoms with Gasteiger partial charge in [-0.15, -0.1) is 0 Å². The minimum Gasteiger partial charge on any atom is -0.481 e. The number of hydrogen-bond acceptors (Lipinski definition) is 4. The third-order valence-corrected chi connectivity index (χ3v) is 4.33. The first-order chi connectivity index (χ1) is 11.0. The number of piperidine rings is 1. The Morgan fingerprint density at radius 3 is 2.65 bits per heavy atom. The van der Waals surface area contributed by atoms with Crippen molar-refractivity contribution in [2.24, 2.45) is 5.92 Å². The Balaban J connectivity index is 1.85. The van der Waals surface area contributed by atoms with E-state index < -0.39 is 5.97 Å². The van der Waals surface area contributed by atoms with Crippen LogP contribution in [0, 0.1) is 12.8 Å². The predicted molar refractivity (Wildman–Crippen MR) is 89.8 cm³/mol. The van der Waals surface area contributed by atoms with Gasteiger partial charge in [0, 0.05) is 35.4 Å². The summed E-state index contributed by atoms with van der Waals surface area (Å²) in [7, 11) is 0. The normalized spacial score (nSPS) is 15.7. The Kier molecular flexibility index (Phi) is 4.48. The summed E-state index contributed by atoms with van der Waals surface area (Å²) in [6.45, 7) is 3.33. The number of carboxylic acids is 1. The quantitative estimate of drug-likeness (QED) is 0.933. The Morgan fingerprint density at radius 2 is 2.00 bits per heavy atom. The molecule has 0 saturated carbocycles. The molecule has 0 unspecified atom stereocenters. The van der Waals surface area contributed by atoms with Gasteiger partial charge in [-0.05, 0) is 31.9 Å². The number of benzene rings is 1. The van der Waals surface area contributed by atoms with Crippen molar-refractivity contribution in [1.82, 2.24) is 9.97 Å². The Morgan fingerprint density at radius 1 is 1.26 bits per heavy atom. The number of carboxylic acid groups (broad SMARTS) is 1. The molecule has 5 nitrogen and oxygen atoms in total. The smallest absolute Gasteiger partial charge is 0.306 e. The third-order valence-electron chi connectivity index (χ3n) is 4.09. The molecule has 1 aliphatic heterocycles. The fraction of sp³-hybridized carbons (Fsp3) is 0.353. The molecule has 0 radical (unpaired) electrons. The Hall–Kier alpha value is -2.14. The predicted octanol–water partition coefficient (Wildman–Crippen LogP) is 3.41. The highest BCUT2D eigenvalue weighted by atomic mass is 35.5. The van der Waals surface area contributed by atoms with Crippen LogP contribution in [0.5, 0.6) is 0 Å². The van der Waals surface area contributed by atoms with E-state index in [9.17, 15) is 4.79 Å². The molecule has 2 aromatic rings. The van der Waals surface area contributed by atoms with Gasteiger partial charge in [-0.1, -0.05) is 23.7 Å². The monoisotopic (exact) mass is 331 g/mol. The standard InChI is InChI=1S/C17H18ClN3O2/c1-11-9-15(21-7-5-12(6-8-21)17(22)23)20-16(19-11)13-3-2-4-14(18)10-13/h2-4,9-10,12H,5-8H2,1H3,(H,22,23). The lowest BCUT2D eigenvalue weighted by atomic mass is 9.97. The van der Waals surface area contributed by atoms with E-state index in [4.69, 9.17) is 16.7 Å². The lowest BCUT2D eigenvalue weighted by Gasteiger charge is -2.31. The average molecular weight is 332 g/mol. The molecule has 2 heterocycles. The van der Waals surface area contributed by atoms with Crippen LogP contribution >= 0.6 is 11.6 Å². The van der Waals surface area contributed by atoms with E-state index in [1.165, 1.54) is 0 Å². The van der Waals surface area contributed by atoms with Crippen molar-refractivity contribution in [3.63, 3.8) is 0 Å². The van der Waals surface area contributed by atoms with Gasteiger partial charge in [0.05, 0.1) is 5.92 Å². The minimum absolute atomic E-state index is 0.249. The summed E-state index contributed by atoms with van der Waals surface area (Å²) in [5, 5.41) is 9.75. The molecule has 6 heteroatoms. The maximum atomic E-state index is 11.1. The lowest BCUT2D eigenvalue weighted by Crippen LogP contribution is -2.36. The lowest BCUT2D eigenvalue weighted by molar-refractivity contribution is -0.142. The first kappa shape index (κ1) is 15.7. The first-order valence-corrected chi connectivity index (χ1v) is 8.00. The van der Waals surface area contributed by atoms with Gasteiger partial charge in [-0.25, -0.2) is 9.97 Å². The fourth-order valence-electron chi connectivity index (χ4n) is 2.83. The number of carbonyl (C=O) groups is 1. The van der Waals surface area contributed by atoms with Gasteiger partial charge < -0.3 is 10.0 Å². The number of aromatic nitrogens is 2. The molecule has 23 heavy (non-hydrogen) atoms. The Bertz CT molecular complexity index is 728. The van der Waals surface area contributed by atoms with Gasteiger partial charge >= 0.3 is 5.97 Å². The molecule has 1 aromatic carbocycles. The van der Waals surface area contributed by atoms with Crippen LogP contribution in [-0.2, 0) is 4.79 Å². The van der Waals surface area contributed by atoms with E-state index in [1.807, 2.05) is 37.3 Å². The van der Waals surface area contributed by atoms with Crippen LogP contribution in [0.25, 0.3) is 11.4 Å². The highest BCUT2D eigenvalue weighted by Crippen LogP contribution is 2.26. The maximum absolute atomic E-state index is 11.1. The van der Waals surface area contributed by atoms with Crippen LogP contribution in [0.1, 0.15) is 18.5 Å². The van der Waals surface area contributed by atoms with Crippen molar-refractivity contribution < 1.29 is 9.90 Å². The highest BCUT2D eigenvalue weighted by molar-refractivity contribution is 6.30. The van der Waals surface area contributed by atoms with Gasteiger partial charge in [0.25, 0.3) is 0 Å². The zero-order chi connectivity index (χ0) is 16.4. The number of halogens is 1. The van der Waals surface area contributed by atoms with Crippen LogP contribution in [0.2, 0.25) is 5.02 Å². The molecule has 1 fully saturated rings. The van der Waals surface area contributed by atoms with Crippen molar-refractivity contribution >= 4 is 23.4 Å². The van der Waals surface area contributed by atoms with Gasteiger partial charge in [0.2, 0.25) is 0 Å². The van der Waals surface area contributed by atoms with E-state index in [2.05, 4.69) is 14.9 Å². The summed E-state index contributed by atoms with van der Waals surface area (Å²) >= 11 is 6.05. The van der Waals surface area contributed by atoms with Crippen LogP contribution in [0.4, 0.5) is 5.82 Å². The van der Waals surface area contributed by atoms with Crippen molar-refractivity contribution in [1.29, 1.82) is 0 Å². The SMILES string of the molecule is Cc1cc(N2CCC(C(=O)O)CC2)nc(-c2cccc(Cl)c2)n1. The summed E-state index contributed by atoms with van der Waals surface area (Å²) in [6.07, 6.45) is 1.29. The Labute approximate surface area is 139 Å². The molecule has 1 N–H and O–H groups in total. The van der Waals surface area contributed by atoms with E-state index in [0.29, 0.717) is 36.8 Å². The molecule has 0 amide bonds. The van der Waals surface area contributed by atoms with E-state index >= 15 is 0 Å². The summed E-state index contributed by atoms with van der Waals surface area (Å²) < 4.78 is 0. The van der Waals surface area contributed by atoms with Gasteiger partial charge in [-0.2, -0.15) is 0 Å². The number of anilines is 1. The van der Waals surface area contributed by atoms with E-state index in [-0.39, 0.29) is 5.92 Å². The van der Waals surface area contributed by atoms with Crippen molar-refractivity contribution in [3.8, 4) is 11.4 Å². The van der Waals surface area contributed by atoms with Crippen LogP contribution in [-0.4, -0.2) is 34.1 Å². The fourth-order valence-corrected chi connectivity index (χ4v) is 3.02. The van der Waals surface area contributed by atoms with Crippen LogP contribution < -0.4 is 4.90 Å². The van der Waals surface area contributed by atoms with Crippen molar-refractivity contribution in [2.75, 3.05) is 18.0 Å². The number of nitrogens with zero attached hydrogens (tertiary/aromatic N) is 3. The second-order valence-corrected chi connectivity index (χ2v) is 6.24. The summed E-state index contributed by atoms with van der Waals surface area (Å²) in [4.78, 5) is 22.3. The summed E-state index contributed by atoms with van der Waals surface area (Å²) in [5.74, 6) is 0.531. The molecule has 1 aromatic heterocycles. The topological polar surface area (TPSA) is 66.3 Å². The van der Waals surface area contributed by atoms with Crippen molar-refractivity contribution in [3.05, 3.63) is 41.0 Å². The van der Waals surface area contributed by atoms with Gasteiger partial charge in [-0.3, -0.25) is 4.79 Å². The maximum Gasteiger partial charge on any atom is 0.306 e. The van der Waals surface area contributed by atoms with Crippen molar-refractivity contribution in [2.45, 2.75) is 19.8 Å². The molecule has 0 aliphatic carbocycles. The molecule has 1 saturated heterocycles. The zero-order valence-electron chi connectivity index (χ0n) is 12.9. The van der Waals surface area contributed by atoms with E-state index in [1.54, 1.807) is 0 Å². The highest BCUT2D eigenvalue weighted by Gasteiger charge is 2.25. The molecule has 0 atom stereocenters.